The van der Waals surface area contributed by atoms with Gasteiger partial charge < -0.3 is 0 Å². The molecular weight excluding hydrogens is 375 g/mol. The fourth-order valence-electron chi connectivity index (χ4n) is 3.25. The molecule has 0 aromatic heterocycles. The molecule has 0 aliphatic carbocycles. The molecule has 3 aromatic rings. The zero-order valence-corrected chi connectivity index (χ0v) is 17.1. The Bertz CT molecular complexity index is 691. The van der Waals surface area contributed by atoms with Gasteiger partial charge in [0, 0.05) is 0 Å². The molecule has 0 aliphatic rings. The third-order valence-corrected chi connectivity index (χ3v) is 11.7. The molecule has 0 amide bonds. The first-order valence-corrected chi connectivity index (χ1v) is 11.7. The molecule has 3 rings (SSSR count). The molecule has 0 spiro atoms. The van der Waals surface area contributed by atoms with Crippen molar-refractivity contribution < 1.29 is 0 Å². The number of hydrogen-bond acceptors (Lipinski definition) is 0. The van der Waals surface area contributed by atoms with Gasteiger partial charge in [0.2, 0.25) is 0 Å². The fourth-order valence-corrected chi connectivity index (χ4v) is 9.83. The zero-order valence-electron chi connectivity index (χ0n) is 14.5. The van der Waals surface area contributed by atoms with Crippen LogP contribution in [0.3, 0.4) is 0 Å². The van der Waals surface area contributed by atoms with E-state index >= 15 is 0 Å². The number of halogens is 1. The van der Waals surface area contributed by atoms with Gasteiger partial charge in [0.1, 0.15) is 0 Å². The zero-order chi connectivity index (χ0) is 17.2. The van der Waals surface area contributed by atoms with Crippen LogP contribution in [0.2, 0.25) is 0 Å². The molecular formula is C22H24BrP. The van der Waals surface area contributed by atoms with Gasteiger partial charge in [-0.1, -0.05) is 0 Å². The number of benzene rings is 3. The first-order chi connectivity index (χ1) is 11.6. The SMILES string of the molecule is Cc1ccc([PH](CBr)(c2ccc(C)cc2)c2ccc(C)cc2)cc1. The fraction of sp³-hybridized carbons (Fsp3) is 0.182. The number of hydrogen-bond donors (Lipinski definition) is 0. The second-order valence-corrected chi connectivity index (χ2v) is 12.1. The van der Waals surface area contributed by atoms with Crippen LogP contribution in [-0.2, 0) is 0 Å². The Labute approximate surface area is 154 Å². The predicted octanol–water partition coefficient (Wildman–Crippen LogP) is 4.99. The Morgan fingerprint density at radius 2 is 0.792 bits per heavy atom. The molecule has 124 valence electrons. The van der Waals surface area contributed by atoms with Crippen LogP contribution < -0.4 is 15.9 Å². The molecule has 0 N–H and O–H groups in total. The molecule has 0 nitrogen and oxygen atoms in total. The summed E-state index contributed by atoms with van der Waals surface area (Å²) in [6.45, 7) is 6.46. The second kappa shape index (κ2) is 7.21. The van der Waals surface area contributed by atoms with Crippen molar-refractivity contribution in [3.8, 4) is 0 Å². The normalized spacial score (nSPS) is 12.2. The summed E-state index contributed by atoms with van der Waals surface area (Å²) in [7, 11) is -2.05. The van der Waals surface area contributed by atoms with Crippen molar-refractivity contribution in [3.05, 3.63) is 89.5 Å². The van der Waals surface area contributed by atoms with Crippen molar-refractivity contribution >= 4 is 39.1 Å². The first-order valence-electron chi connectivity index (χ1n) is 8.33. The summed E-state index contributed by atoms with van der Waals surface area (Å²) < 4.78 is 0. The Morgan fingerprint density at radius 1 is 0.542 bits per heavy atom. The van der Waals surface area contributed by atoms with Crippen LogP contribution >= 0.6 is 23.2 Å². The standard InChI is InChI=1S/C22H24BrP/c1-17-4-10-20(11-5-17)24(16-23,21-12-6-18(2)7-13-21)22-14-8-19(3)9-15-22/h4-15,24H,16H2,1-3H3. The second-order valence-electron chi connectivity index (χ2n) is 6.64. The van der Waals surface area contributed by atoms with Gasteiger partial charge in [-0.05, 0) is 0 Å². The van der Waals surface area contributed by atoms with E-state index in [-0.39, 0.29) is 0 Å². The minimum absolute atomic E-state index is 0.981. The van der Waals surface area contributed by atoms with Crippen LogP contribution in [0.1, 0.15) is 16.7 Å². The van der Waals surface area contributed by atoms with Gasteiger partial charge in [0.05, 0.1) is 0 Å². The van der Waals surface area contributed by atoms with Crippen molar-refractivity contribution in [1.82, 2.24) is 0 Å². The van der Waals surface area contributed by atoms with Crippen LogP contribution in [0, 0.1) is 20.8 Å². The molecule has 0 bridgehead atoms. The maximum absolute atomic E-state index is 3.90. The maximum atomic E-state index is 3.90. The van der Waals surface area contributed by atoms with E-state index in [9.17, 15) is 0 Å². The number of rotatable bonds is 4. The van der Waals surface area contributed by atoms with Crippen LogP contribution in [0.25, 0.3) is 0 Å². The van der Waals surface area contributed by atoms with E-state index in [1.54, 1.807) is 0 Å². The Balaban J connectivity index is 2.27. The molecule has 0 saturated carbocycles. The van der Waals surface area contributed by atoms with E-state index in [0.29, 0.717) is 0 Å². The van der Waals surface area contributed by atoms with E-state index in [0.717, 1.165) is 5.07 Å². The number of alkyl halides is 1. The van der Waals surface area contributed by atoms with Gasteiger partial charge >= 0.3 is 154 Å². The summed E-state index contributed by atoms with van der Waals surface area (Å²) in [5, 5.41) is 5.35. The Morgan fingerprint density at radius 3 is 1.00 bits per heavy atom. The molecule has 0 unspecified atom stereocenters. The summed E-state index contributed by atoms with van der Waals surface area (Å²) in [4.78, 5) is 0. The van der Waals surface area contributed by atoms with Crippen LogP contribution in [-0.4, -0.2) is 5.07 Å². The molecule has 3 aromatic carbocycles. The van der Waals surface area contributed by atoms with E-state index in [1.807, 2.05) is 0 Å². The first kappa shape index (κ1) is 17.4. The van der Waals surface area contributed by atoms with Crippen molar-refractivity contribution in [2.24, 2.45) is 0 Å². The third-order valence-electron chi connectivity index (χ3n) is 4.83. The van der Waals surface area contributed by atoms with Crippen LogP contribution in [0.4, 0.5) is 0 Å². The topological polar surface area (TPSA) is 0 Å². The molecule has 0 aliphatic heterocycles. The minimum atomic E-state index is -2.05. The molecule has 0 heterocycles. The predicted molar refractivity (Wildman–Crippen MR) is 115 cm³/mol. The van der Waals surface area contributed by atoms with E-state index in [2.05, 4.69) is 109 Å². The quantitative estimate of drug-likeness (QED) is 0.428. The van der Waals surface area contributed by atoms with E-state index in [4.69, 9.17) is 0 Å². The third kappa shape index (κ3) is 3.21. The molecule has 0 saturated heterocycles. The Hall–Kier alpha value is -1.43. The summed E-state index contributed by atoms with van der Waals surface area (Å²) in [6.07, 6.45) is 0. The Kier molecular flexibility index (Phi) is 5.23. The summed E-state index contributed by atoms with van der Waals surface area (Å²) in [6, 6.07) is 27.4. The van der Waals surface area contributed by atoms with Crippen molar-refractivity contribution in [3.63, 3.8) is 0 Å². The van der Waals surface area contributed by atoms with Gasteiger partial charge in [-0.15, -0.1) is 0 Å². The van der Waals surface area contributed by atoms with Gasteiger partial charge in [-0.25, -0.2) is 0 Å². The van der Waals surface area contributed by atoms with Crippen molar-refractivity contribution in [2.75, 3.05) is 5.07 Å². The molecule has 0 fully saturated rings. The van der Waals surface area contributed by atoms with E-state index < -0.39 is 7.26 Å². The van der Waals surface area contributed by atoms with Gasteiger partial charge in [-0.2, -0.15) is 0 Å². The van der Waals surface area contributed by atoms with Crippen LogP contribution in [0.5, 0.6) is 0 Å². The summed E-state index contributed by atoms with van der Waals surface area (Å²) in [5.74, 6) is 0. The van der Waals surface area contributed by atoms with Crippen molar-refractivity contribution in [1.29, 1.82) is 0 Å². The van der Waals surface area contributed by atoms with Crippen LogP contribution in [0.15, 0.2) is 72.8 Å². The van der Waals surface area contributed by atoms with Gasteiger partial charge in [0.15, 0.2) is 0 Å². The van der Waals surface area contributed by atoms with Gasteiger partial charge in [0.25, 0.3) is 0 Å². The molecule has 2 heteroatoms. The molecule has 0 atom stereocenters. The monoisotopic (exact) mass is 398 g/mol. The average Bonchev–Trinajstić information content (AvgIpc) is 2.60. The van der Waals surface area contributed by atoms with Gasteiger partial charge in [-0.3, -0.25) is 0 Å². The number of aryl methyl sites for hydroxylation is 3. The molecule has 24 heavy (non-hydrogen) atoms. The van der Waals surface area contributed by atoms with E-state index in [1.165, 1.54) is 32.6 Å². The average molecular weight is 399 g/mol. The summed E-state index contributed by atoms with van der Waals surface area (Å²) in [5.41, 5.74) is 3.93. The van der Waals surface area contributed by atoms with Crippen molar-refractivity contribution in [2.45, 2.75) is 20.8 Å². The summed E-state index contributed by atoms with van der Waals surface area (Å²) >= 11 is 3.90. The molecule has 0 radical (unpaired) electrons.